The molecular weight excluding hydrogens is 468 g/mol. The number of hydrogen-bond acceptors (Lipinski definition) is 5. The van der Waals surface area contributed by atoms with Crippen molar-refractivity contribution in [1.82, 2.24) is 9.80 Å². The van der Waals surface area contributed by atoms with Crippen molar-refractivity contribution in [2.75, 3.05) is 38.5 Å². The molecule has 0 aromatic heterocycles. The summed E-state index contributed by atoms with van der Waals surface area (Å²) in [5.74, 6) is -0.717. The summed E-state index contributed by atoms with van der Waals surface area (Å²) < 4.78 is 5.71. The van der Waals surface area contributed by atoms with Gasteiger partial charge in [0.2, 0.25) is 5.91 Å². The van der Waals surface area contributed by atoms with Gasteiger partial charge in [-0.3, -0.25) is 14.9 Å². The molecule has 0 atom stereocenters. The van der Waals surface area contributed by atoms with E-state index in [1.165, 1.54) is 6.07 Å². The highest BCUT2D eigenvalue weighted by molar-refractivity contribution is 5.99. The fourth-order valence-electron chi connectivity index (χ4n) is 4.42. The van der Waals surface area contributed by atoms with Crippen molar-refractivity contribution in [2.45, 2.75) is 18.9 Å². The zero-order valence-corrected chi connectivity index (χ0v) is 20.9. The van der Waals surface area contributed by atoms with Crippen LogP contribution in [0.4, 0.5) is 10.5 Å². The Bertz CT molecular complexity index is 1240. The van der Waals surface area contributed by atoms with Crippen LogP contribution in [0.5, 0.6) is 0 Å². The van der Waals surface area contributed by atoms with Crippen molar-refractivity contribution in [1.29, 1.82) is 0 Å². The molecule has 4 rings (SSSR count). The Morgan fingerprint density at radius 2 is 1.62 bits per heavy atom. The van der Waals surface area contributed by atoms with Gasteiger partial charge >= 0.3 is 6.09 Å². The molecule has 3 amide bonds. The second-order valence-electron chi connectivity index (χ2n) is 9.15. The van der Waals surface area contributed by atoms with Crippen LogP contribution in [0.3, 0.4) is 0 Å². The van der Waals surface area contributed by atoms with Crippen molar-refractivity contribution >= 4 is 23.6 Å². The largest absolute Gasteiger partial charge is 0.446 e. The number of nitrogens with zero attached hydrogens (tertiary/aromatic N) is 2. The molecule has 1 aliphatic heterocycles. The number of benzene rings is 3. The summed E-state index contributed by atoms with van der Waals surface area (Å²) in [4.78, 5) is 40.6. The van der Waals surface area contributed by atoms with E-state index in [2.05, 4.69) is 10.2 Å². The highest BCUT2D eigenvalue weighted by atomic mass is 16.6. The maximum absolute atomic E-state index is 12.7. The predicted molar refractivity (Wildman–Crippen MR) is 143 cm³/mol. The summed E-state index contributed by atoms with van der Waals surface area (Å²) in [6.07, 6.45) is 0.847. The molecule has 3 aromatic rings. The van der Waals surface area contributed by atoms with Gasteiger partial charge in [0.25, 0.3) is 5.91 Å². The number of primary amides is 1. The van der Waals surface area contributed by atoms with Crippen molar-refractivity contribution in [3.63, 3.8) is 0 Å². The van der Waals surface area contributed by atoms with Gasteiger partial charge in [0.15, 0.2) is 0 Å². The van der Waals surface area contributed by atoms with Crippen LogP contribution < -0.4 is 11.1 Å². The molecule has 0 saturated carbocycles. The van der Waals surface area contributed by atoms with Crippen molar-refractivity contribution in [3.8, 4) is 11.1 Å². The van der Waals surface area contributed by atoms with Gasteiger partial charge in [0.1, 0.15) is 6.10 Å². The second-order valence-corrected chi connectivity index (χ2v) is 9.15. The highest BCUT2D eigenvalue weighted by Gasteiger charge is 2.23. The number of carbonyl (C=O) groups excluding carboxylic acids is 3. The van der Waals surface area contributed by atoms with Crippen LogP contribution in [0.2, 0.25) is 0 Å². The van der Waals surface area contributed by atoms with Crippen LogP contribution in [0, 0.1) is 0 Å². The van der Waals surface area contributed by atoms with Crippen molar-refractivity contribution in [3.05, 3.63) is 90.0 Å². The Kier molecular flexibility index (Phi) is 8.53. The van der Waals surface area contributed by atoms with Gasteiger partial charge in [-0.2, -0.15) is 0 Å². The van der Waals surface area contributed by atoms with Crippen molar-refractivity contribution in [2.24, 2.45) is 5.73 Å². The van der Waals surface area contributed by atoms with Crippen LogP contribution in [-0.2, 0) is 4.74 Å². The first-order valence-electron chi connectivity index (χ1n) is 12.4. The van der Waals surface area contributed by atoms with Gasteiger partial charge in [-0.25, -0.2) is 4.79 Å². The first kappa shape index (κ1) is 25.9. The van der Waals surface area contributed by atoms with E-state index >= 15 is 0 Å². The molecule has 0 unspecified atom stereocenters. The summed E-state index contributed by atoms with van der Waals surface area (Å²) in [5.41, 5.74) is 8.75. The van der Waals surface area contributed by atoms with E-state index in [0.717, 1.165) is 37.1 Å². The molecule has 1 heterocycles. The minimum atomic E-state index is -0.559. The third kappa shape index (κ3) is 6.95. The maximum Gasteiger partial charge on any atom is 0.411 e. The molecule has 3 N–H and O–H groups in total. The quantitative estimate of drug-likeness (QED) is 0.481. The molecule has 37 heavy (non-hydrogen) atoms. The number of rotatable bonds is 8. The van der Waals surface area contributed by atoms with E-state index in [1.54, 1.807) is 30.1 Å². The molecule has 1 fully saturated rings. The van der Waals surface area contributed by atoms with Gasteiger partial charge in [-0.15, -0.1) is 0 Å². The molecule has 8 heteroatoms. The Morgan fingerprint density at radius 1 is 0.946 bits per heavy atom. The zero-order chi connectivity index (χ0) is 26.2. The number of ether oxygens (including phenoxy) is 1. The number of para-hydroxylation sites is 1. The van der Waals surface area contributed by atoms with Gasteiger partial charge in [0.05, 0.1) is 5.69 Å². The predicted octanol–water partition coefficient (Wildman–Crippen LogP) is 4.24. The van der Waals surface area contributed by atoms with E-state index < -0.39 is 12.0 Å². The van der Waals surface area contributed by atoms with E-state index in [9.17, 15) is 14.4 Å². The summed E-state index contributed by atoms with van der Waals surface area (Å²) in [5, 5.41) is 2.90. The average Bonchev–Trinajstić information content (AvgIpc) is 2.93. The lowest BCUT2D eigenvalue weighted by Gasteiger charge is -2.32. The van der Waals surface area contributed by atoms with Crippen LogP contribution in [0.1, 0.15) is 33.6 Å². The number of amides is 3. The number of likely N-dealkylation sites (tertiary alicyclic amines) is 1. The molecular formula is C29H32N4O4. The number of likely N-dealkylation sites (N-methyl/N-ethyl adjacent to an activating group) is 1. The molecule has 1 aliphatic rings. The lowest BCUT2D eigenvalue weighted by atomic mass is 10.0. The second kappa shape index (κ2) is 12.2. The standard InChI is InChI=1S/C29H32N4O4/c1-32(28(35)23-11-7-10-22(20-23)27(30)34)18-19-33-16-14-24(15-17-33)37-29(36)31-26-13-6-5-12-25(26)21-8-3-2-4-9-21/h2-13,20,24H,14-19H2,1H3,(H2,30,34)(H,31,36). The molecule has 192 valence electrons. The van der Waals surface area contributed by atoms with Gasteiger partial charge in [-0.05, 0) is 42.7 Å². The fourth-order valence-corrected chi connectivity index (χ4v) is 4.42. The molecule has 3 aromatic carbocycles. The number of anilines is 1. The molecule has 0 spiro atoms. The van der Waals surface area contributed by atoms with E-state index in [4.69, 9.17) is 10.5 Å². The molecule has 8 nitrogen and oxygen atoms in total. The molecule has 0 aliphatic carbocycles. The highest BCUT2D eigenvalue weighted by Crippen LogP contribution is 2.28. The number of nitrogens with two attached hydrogens (primary N) is 1. The first-order chi connectivity index (χ1) is 17.9. The lowest BCUT2D eigenvalue weighted by molar-refractivity contribution is 0.0540. The Balaban J connectivity index is 1.22. The maximum atomic E-state index is 12.7. The van der Waals surface area contributed by atoms with Gasteiger partial charge in [0, 0.05) is 49.9 Å². The van der Waals surface area contributed by atoms with Crippen LogP contribution in [0.15, 0.2) is 78.9 Å². The molecule has 0 bridgehead atoms. The Labute approximate surface area is 217 Å². The summed E-state index contributed by atoms with van der Waals surface area (Å²) >= 11 is 0. The normalized spacial score (nSPS) is 14.1. The molecule has 1 saturated heterocycles. The molecule has 0 radical (unpaired) electrons. The van der Waals surface area contributed by atoms with Gasteiger partial charge in [-0.1, -0.05) is 54.6 Å². The average molecular weight is 501 g/mol. The van der Waals surface area contributed by atoms with Crippen molar-refractivity contribution < 1.29 is 19.1 Å². The topological polar surface area (TPSA) is 105 Å². The third-order valence-electron chi connectivity index (χ3n) is 6.55. The minimum absolute atomic E-state index is 0.156. The zero-order valence-electron chi connectivity index (χ0n) is 20.9. The lowest BCUT2D eigenvalue weighted by Crippen LogP contribution is -2.42. The Hall–Kier alpha value is -4.17. The van der Waals surface area contributed by atoms with Crippen LogP contribution >= 0.6 is 0 Å². The van der Waals surface area contributed by atoms with Gasteiger partial charge < -0.3 is 20.3 Å². The van der Waals surface area contributed by atoms with Crippen LogP contribution in [-0.4, -0.2) is 67.0 Å². The smallest absolute Gasteiger partial charge is 0.411 e. The number of nitrogens with one attached hydrogen (secondary N) is 1. The Morgan fingerprint density at radius 3 is 2.35 bits per heavy atom. The van der Waals surface area contributed by atoms with E-state index in [0.29, 0.717) is 29.9 Å². The SMILES string of the molecule is CN(CCN1CCC(OC(=O)Nc2ccccc2-c2ccccc2)CC1)C(=O)c1cccc(C(N)=O)c1. The third-order valence-corrected chi connectivity index (χ3v) is 6.55. The first-order valence-corrected chi connectivity index (χ1v) is 12.4. The number of carbonyl (C=O) groups is 3. The minimum Gasteiger partial charge on any atom is -0.446 e. The number of hydrogen-bond donors (Lipinski definition) is 2. The number of piperidine rings is 1. The van der Waals surface area contributed by atoms with E-state index in [-0.39, 0.29) is 12.0 Å². The summed E-state index contributed by atoms with van der Waals surface area (Å²) in [7, 11) is 1.74. The van der Waals surface area contributed by atoms with E-state index in [1.807, 2.05) is 54.6 Å². The monoisotopic (exact) mass is 500 g/mol. The summed E-state index contributed by atoms with van der Waals surface area (Å²) in [6, 6.07) is 24.0. The summed E-state index contributed by atoms with van der Waals surface area (Å²) in [6.45, 7) is 2.80. The fraction of sp³-hybridized carbons (Fsp3) is 0.276. The van der Waals surface area contributed by atoms with Crippen LogP contribution in [0.25, 0.3) is 11.1 Å².